The second-order valence-corrected chi connectivity index (χ2v) is 5.31. The first kappa shape index (κ1) is 13.8. The van der Waals surface area contributed by atoms with Crippen LogP contribution in [0.4, 0.5) is 5.69 Å². The quantitative estimate of drug-likeness (QED) is 0.873. The van der Waals surface area contributed by atoms with Gasteiger partial charge in [0.15, 0.2) is 5.82 Å². The van der Waals surface area contributed by atoms with Crippen molar-refractivity contribution in [3.05, 3.63) is 23.2 Å². The van der Waals surface area contributed by atoms with E-state index in [1.54, 1.807) is 12.1 Å². The van der Waals surface area contributed by atoms with Gasteiger partial charge >= 0.3 is 0 Å². The Balaban J connectivity index is 2.46. The van der Waals surface area contributed by atoms with Gasteiger partial charge in [-0.2, -0.15) is 0 Å². The highest BCUT2D eigenvalue weighted by molar-refractivity contribution is 6.33. The predicted octanol–water partition coefficient (Wildman–Crippen LogP) is 3.18. The molecule has 2 N–H and O–H groups in total. The van der Waals surface area contributed by atoms with Crippen molar-refractivity contribution < 1.29 is 0 Å². The molecule has 0 radical (unpaired) electrons. The van der Waals surface area contributed by atoms with Gasteiger partial charge in [-0.1, -0.05) is 32.4 Å². The third kappa shape index (κ3) is 2.71. The summed E-state index contributed by atoms with van der Waals surface area (Å²) in [7, 11) is 0. The lowest BCUT2D eigenvalue weighted by atomic mass is 10.0. The standard InChI is InChI=1S/C13H18ClN5/c1-4-12(8(2)3)19-13(16-17-18-19)9-5-6-11(15)10(14)7-9/h5-8,12H,4,15H2,1-3H3. The Morgan fingerprint density at radius 1 is 1.37 bits per heavy atom. The minimum atomic E-state index is 0.265. The molecule has 1 heterocycles. The number of anilines is 1. The van der Waals surface area contributed by atoms with Gasteiger partial charge < -0.3 is 5.73 Å². The summed E-state index contributed by atoms with van der Waals surface area (Å²) in [4.78, 5) is 0. The Kier molecular flexibility index (Phi) is 4.04. The highest BCUT2D eigenvalue weighted by atomic mass is 35.5. The highest BCUT2D eigenvalue weighted by Gasteiger charge is 2.20. The Labute approximate surface area is 117 Å². The summed E-state index contributed by atoms with van der Waals surface area (Å²) in [5.41, 5.74) is 7.16. The van der Waals surface area contributed by atoms with Gasteiger partial charge in [-0.25, -0.2) is 4.68 Å². The van der Waals surface area contributed by atoms with Gasteiger partial charge in [0.05, 0.1) is 16.8 Å². The molecule has 1 unspecified atom stereocenters. The molecule has 0 amide bonds. The molecule has 0 aliphatic rings. The van der Waals surface area contributed by atoms with E-state index in [0.717, 1.165) is 17.8 Å². The normalized spacial score (nSPS) is 12.9. The number of hydrogen-bond acceptors (Lipinski definition) is 4. The van der Waals surface area contributed by atoms with Gasteiger partial charge in [0.1, 0.15) is 0 Å². The lowest BCUT2D eigenvalue weighted by Gasteiger charge is -2.20. The summed E-state index contributed by atoms with van der Waals surface area (Å²) < 4.78 is 1.87. The van der Waals surface area contributed by atoms with E-state index in [9.17, 15) is 0 Å². The van der Waals surface area contributed by atoms with E-state index in [1.165, 1.54) is 0 Å². The molecule has 0 aliphatic heterocycles. The molecule has 5 nitrogen and oxygen atoms in total. The third-order valence-corrected chi connectivity index (χ3v) is 3.58. The van der Waals surface area contributed by atoms with E-state index in [2.05, 4.69) is 36.3 Å². The maximum absolute atomic E-state index is 6.06. The van der Waals surface area contributed by atoms with Gasteiger partial charge in [0.2, 0.25) is 0 Å². The van der Waals surface area contributed by atoms with Crippen molar-refractivity contribution in [2.24, 2.45) is 5.92 Å². The lowest BCUT2D eigenvalue weighted by molar-refractivity contribution is 0.333. The molecule has 19 heavy (non-hydrogen) atoms. The van der Waals surface area contributed by atoms with Crippen LogP contribution in [-0.4, -0.2) is 20.2 Å². The van der Waals surface area contributed by atoms with E-state index >= 15 is 0 Å². The minimum Gasteiger partial charge on any atom is -0.398 e. The Morgan fingerprint density at radius 2 is 2.11 bits per heavy atom. The van der Waals surface area contributed by atoms with Crippen LogP contribution in [0.1, 0.15) is 33.2 Å². The van der Waals surface area contributed by atoms with Crippen molar-refractivity contribution >= 4 is 17.3 Å². The summed E-state index contributed by atoms with van der Waals surface area (Å²) >= 11 is 6.06. The molecule has 1 atom stereocenters. The van der Waals surface area contributed by atoms with E-state index in [1.807, 2.05) is 10.7 Å². The van der Waals surface area contributed by atoms with Crippen LogP contribution in [0, 0.1) is 5.92 Å². The van der Waals surface area contributed by atoms with Gasteiger partial charge in [0.25, 0.3) is 0 Å². The highest BCUT2D eigenvalue weighted by Crippen LogP contribution is 2.29. The number of nitrogen functional groups attached to an aromatic ring is 1. The molecule has 6 heteroatoms. The second-order valence-electron chi connectivity index (χ2n) is 4.90. The smallest absolute Gasteiger partial charge is 0.182 e. The van der Waals surface area contributed by atoms with E-state index in [4.69, 9.17) is 17.3 Å². The van der Waals surface area contributed by atoms with Crippen molar-refractivity contribution in [3.8, 4) is 11.4 Å². The van der Waals surface area contributed by atoms with E-state index < -0.39 is 0 Å². The first-order valence-electron chi connectivity index (χ1n) is 6.37. The average molecular weight is 280 g/mol. The first-order chi connectivity index (χ1) is 9.04. The molecule has 0 saturated carbocycles. The zero-order valence-corrected chi connectivity index (χ0v) is 12.1. The average Bonchev–Trinajstić information content (AvgIpc) is 2.82. The number of nitrogens with zero attached hydrogens (tertiary/aromatic N) is 4. The number of benzene rings is 1. The molecule has 0 saturated heterocycles. The molecule has 1 aromatic heterocycles. The van der Waals surface area contributed by atoms with Crippen LogP contribution in [0.25, 0.3) is 11.4 Å². The number of halogens is 1. The van der Waals surface area contributed by atoms with Gasteiger partial charge in [-0.15, -0.1) is 5.10 Å². The summed E-state index contributed by atoms with van der Waals surface area (Å²) in [6, 6.07) is 5.72. The van der Waals surface area contributed by atoms with E-state index in [0.29, 0.717) is 16.6 Å². The number of rotatable bonds is 4. The molecule has 0 spiro atoms. The van der Waals surface area contributed by atoms with Crippen LogP contribution in [-0.2, 0) is 0 Å². The fourth-order valence-corrected chi connectivity index (χ4v) is 2.38. The Hall–Kier alpha value is -1.62. The Morgan fingerprint density at radius 3 is 2.68 bits per heavy atom. The molecule has 1 aromatic carbocycles. The Bertz CT molecular complexity index is 564. The summed E-state index contributed by atoms with van der Waals surface area (Å²) in [6.45, 7) is 6.46. The van der Waals surface area contributed by atoms with Gasteiger partial charge in [0, 0.05) is 5.56 Å². The van der Waals surface area contributed by atoms with Crippen LogP contribution < -0.4 is 5.73 Å². The molecule has 102 valence electrons. The number of nitrogens with two attached hydrogens (primary N) is 1. The zero-order valence-electron chi connectivity index (χ0n) is 11.3. The van der Waals surface area contributed by atoms with Crippen molar-refractivity contribution in [1.82, 2.24) is 20.2 Å². The van der Waals surface area contributed by atoms with Crippen molar-refractivity contribution in [1.29, 1.82) is 0 Å². The fourth-order valence-electron chi connectivity index (χ4n) is 2.20. The van der Waals surface area contributed by atoms with Gasteiger partial charge in [-0.05, 0) is 41.0 Å². The molecular formula is C13H18ClN5. The largest absolute Gasteiger partial charge is 0.398 e. The fraction of sp³-hybridized carbons (Fsp3) is 0.462. The predicted molar refractivity (Wildman–Crippen MR) is 76.8 cm³/mol. The van der Waals surface area contributed by atoms with Crippen molar-refractivity contribution in [3.63, 3.8) is 0 Å². The monoisotopic (exact) mass is 279 g/mol. The SMILES string of the molecule is CCC(C(C)C)n1nnnc1-c1ccc(N)c(Cl)c1. The topological polar surface area (TPSA) is 69.6 Å². The van der Waals surface area contributed by atoms with Crippen molar-refractivity contribution in [2.75, 3.05) is 5.73 Å². The van der Waals surface area contributed by atoms with Crippen LogP contribution in [0.3, 0.4) is 0 Å². The first-order valence-corrected chi connectivity index (χ1v) is 6.75. The van der Waals surface area contributed by atoms with Crippen LogP contribution in [0.15, 0.2) is 18.2 Å². The second kappa shape index (κ2) is 5.57. The molecule has 0 aliphatic carbocycles. The molecule has 0 bridgehead atoms. The zero-order chi connectivity index (χ0) is 14.0. The molecule has 2 aromatic rings. The number of hydrogen-bond donors (Lipinski definition) is 1. The van der Waals surface area contributed by atoms with E-state index in [-0.39, 0.29) is 6.04 Å². The van der Waals surface area contributed by atoms with Gasteiger partial charge in [-0.3, -0.25) is 0 Å². The molecule has 0 fully saturated rings. The summed E-state index contributed by atoms with van der Waals surface area (Å²) in [5, 5.41) is 12.5. The maximum atomic E-state index is 6.06. The van der Waals surface area contributed by atoms with Crippen LogP contribution in [0.2, 0.25) is 5.02 Å². The van der Waals surface area contributed by atoms with Crippen LogP contribution in [0.5, 0.6) is 0 Å². The third-order valence-electron chi connectivity index (χ3n) is 3.25. The lowest BCUT2D eigenvalue weighted by Crippen LogP contribution is -2.17. The minimum absolute atomic E-state index is 0.265. The molecule has 2 rings (SSSR count). The maximum Gasteiger partial charge on any atom is 0.182 e. The summed E-state index contributed by atoms with van der Waals surface area (Å²) in [6.07, 6.45) is 0.971. The summed E-state index contributed by atoms with van der Waals surface area (Å²) in [5.74, 6) is 1.18. The van der Waals surface area contributed by atoms with Crippen molar-refractivity contribution in [2.45, 2.75) is 33.2 Å². The molecular weight excluding hydrogens is 262 g/mol. The van der Waals surface area contributed by atoms with Crippen LogP contribution >= 0.6 is 11.6 Å². The number of tetrazole rings is 1. The number of aromatic nitrogens is 4.